The third kappa shape index (κ3) is 3.58. The number of amides is 1. The quantitative estimate of drug-likeness (QED) is 0.855. The van der Waals surface area contributed by atoms with Gasteiger partial charge in [-0.2, -0.15) is 5.10 Å². The first-order valence-corrected chi connectivity index (χ1v) is 6.21. The minimum Gasteiger partial charge on any atom is -0.508 e. The van der Waals surface area contributed by atoms with Crippen molar-refractivity contribution in [3.63, 3.8) is 0 Å². The van der Waals surface area contributed by atoms with E-state index in [1.54, 1.807) is 35.1 Å². The van der Waals surface area contributed by atoms with E-state index in [2.05, 4.69) is 10.4 Å². The summed E-state index contributed by atoms with van der Waals surface area (Å²) < 4.78 is 1.77. The van der Waals surface area contributed by atoms with E-state index < -0.39 is 0 Å². The lowest BCUT2D eigenvalue weighted by molar-refractivity contribution is -0.122. The Hall–Kier alpha value is -2.30. The van der Waals surface area contributed by atoms with E-state index in [-0.39, 0.29) is 17.6 Å². The van der Waals surface area contributed by atoms with Crippen LogP contribution in [0.15, 0.2) is 42.7 Å². The molecule has 1 amide bonds. The summed E-state index contributed by atoms with van der Waals surface area (Å²) in [6.07, 6.45) is 3.57. The molecule has 0 bridgehead atoms. The molecule has 2 rings (SSSR count). The van der Waals surface area contributed by atoms with Gasteiger partial charge in [-0.15, -0.1) is 0 Å². The Morgan fingerprint density at radius 2 is 2.16 bits per heavy atom. The van der Waals surface area contributed by atoms with Gasteiger partial charge in [-0.25, -0.2) is 0 Å². The second-order valence-electron chi connectivity index (χ2n) is 4.37. The van der Waals surface area contributed by atoms with Crippen molar-refractivity contribution in [2.75, 3.05) is 6.54 Å². The van der Waals surface area contributed by atoms with Crippen LogP contribution in [0, 0.1) is 0 Å². The van der Waals surface area contributed by atoms with Crippen LogP contribution in [0.3, 0.4) is 0 Å². The van der Waals surface area contributed by atoms with Gasteiger partial charge in [0.25, 0.3) is 0 Å². The van der Waals surface area contributed by atoms with E-state index in [9.17, 15) is 9.90 Å². The normalized spacial score (nSPS) is 12.1. The van der Waals surface area contributed by atoms with E-state index in [1.807, 2.05) is 19.2 Å². The molecule has 1 unspecified atom stereocenters. The van der Waals surface area contributed by atoms with Crippen molar-refractivity contribution in [2.45, 2.75) is 19.4 Å². The van der Waals surface area contributed by atoms with Crippen LogP contribution < -0.4 is 5.32 Å². The average Bonchev–Trinajstić information content (AvgIpc) is 2.92. The monoisotopic (exact) mass is 259 g/mol. The predicted octanol–water partition coefficient (Wildman–Crippen LogP) is 1.51. The number of carbonyl (C=O) groups is 1. The van der Waals surface area contributed by atoms with E-state index in [0.29, 0.717) is 13.1 Å². The molecule has 1 aromatic carbocycles. The summed E-state index contributed by atoms with van der Waals surface area (Å²) in [7, 11) is 0. The van der Waals surface area contributed by atoms with Gasteiger partial charge >= 0.3 is 0 Å². The lowest BCUT2D eigenvalue weighted by Gasteiger charge is -2.12. The van der Waals surface area contributed by atoms with Gasteiger partial charge in [0.1, 0.15) is 5.75 Å². The maximum Gasteiger partial charge on any atom is 0.227 e. The summed E-state index contributed by atoms with van der Waals surface area (Å²) in [5.41, 5.74) is 0.884. The Balaban J connectivity index is 1.83. The van der Waals surface area contributed by atoms with Gasteiger partial charge in [0.05, 0.1) is 12.5 Å². The fraction of sp³-hybridized carbons (Fsp3) is 0.286. The van der Waals surface area contributed by atoms with E-state index in [4.69, 9.17) is 0 Å². The highest BCUT2D eigenvalue weighted by molar-refractivity contribution is 5.83. The molecule has 5 heteroatoms. The van der Waals surface area contributed by atoms with Crippen LogP contribution in [0.2, 0.25) is 0 Å². The molecule has 2 aromatic rings. The molecular formula is C14H17N3O2. The second kappa shape index (κ2) is 6.04. The van der Waals surface area contributed by atoms with Gasteiger partial charge < -0.3 is 10.4 Å². The molecule has 0 spiro atoms. The summed E-state index contributed by atoms with van der Waals surface area (Å²) in [4.78, 5) is 12.0. The Labute approximate surface area is 111 Å². The molecule has 0 aliphatic carbocycles. The Morgan fingerprint density at radius 3 is 2.79 bits per heavy atom. The molecule has 0 saturated heterocycles. The third-order valence-electron chi connectivity index (χ3n) is 2.99. The second-order valence-corrected chi connectivity index (χ2v) is 4.37. The molecule has 0 radical (unpaired) electrons. The number of rotatable bonds is 5. The summed E-state index contributed by atoms with van der Waals surface area (Å²) >= 11 is 0. The summed E-state index contributed by atoms with van der Waals surface area (Å²) in [6, 6.07) is 8.53. The Kier molecular flexibility index (Phi) is 4.18. The summed E-state index contributed by atoms with van der Waals surface area (Å²) in [5, 5.41) is 16.1. The van der Waals surface area contributed by atoms with Crippen LogP contribution in [0.5, 0.6) is 5.75 Å². The number of nitrogens with one attached hydrogen (secondary N) is 1. The molecule has 0 aliphatic rings. The fourth-order valence-corrected chi connectivity index (χ4v) is 1.79. The van der Waals surface area contributed by atoms with Gasteiger partial charge in [0.15, 0.2) is 0 Å². The predicted molar refractivity (Wildman–Crippen MR) is 71.8 cm³/mol. The smallest absolute Gasteiger partial charge is 0.227 e. The van der Waals surface area contributed by atoms with Crippen LogP contribution in [0.25, 0.3) is 0 Å². The molecular weight excluding hydrogens is 242 g/mol. The molecule has 19 heavy (non-hydrogen) atoms. The third-order valence-corrected chi connectivity index (χ3v) is 2.99. The van der Waals surface area contributed by atoms with Gasteiger partial charge in [0.2, 0.25) is 5.91 Å². The van der Waals surface area contributed by atoms with E-state index >= 15 is 0 Å². The van der Waals surface area contributed by atoms with Gasteiger partial charge in [-0.05, 0) is 30.7 Å². The van der Waals surface area contributed by atoms with Crippen molar-refractivity contribution in [1.29, 1.82) is 0 Å². The standard InChI is InChI=1S/C14H17N3O2/c1-11(12-3-5-13(18)6-4-12)14(19)15-8-10-17-9-2-7-16-17/h2-7,9,11,18H,8,10H2,1H3,(H,15,19). The van der Waals surface area contributed by atoms with Crippen molar-refractivity contribution in [3.05, 3.63) is 48.3 Å². The van der Waals surface area contributed by atoms with Crippen molar-refractivity contribution >= 4 is 5.91 Å². The van der Waals surface area contributed by atoms with E-state index in [0.717, 1.165) is 5.56 Å². The highest BCUT2D eigenvalue weighted by Gasteiger charge is 2.14. The van der Waals surface area contributed by atoms with E-state index in [1.165, 1.54) is 0 Å². The number of nitrogens with zero attached hydrogens (tertiary/aromatic N) is 2. The van der Waals surface area contributed by atoms with Crippen LogP contribution in [-0.4, -0.2) is 27.3 Å². The van der Waals surface area contributed by atoms with Crippen molar-refractivity contribution < 1.29 is 9.90 Å². The highest BCUT2D eigenvalue weighted by Crippen LogP contribution is 2.18. The molecule has 1 atom stereocenters. The number of phenolic OH excluding ortho intramolecular Hbond substituents is 1. The van der Waals surface area contributed by atoms with Crippen LogP contribution in [0.4, 0.5) is 0 Å². The van der Waals surface area contributed by atoms with Crippen molar-refractivity contribution in [2.24, 2.45) is 0 Å². The molecule has 1 heterocycles. The van der Waals surface area contributed by atoms with Crippen molar-refractivity contribution in [3.8, 4) is 5.75 Å². The average molecular weight is 259 g/mol. The first-order valence-electron chi connectivity index (χ1n) is 6.21. The Morgan fingerprint density at radius 1 is 1.42 bits per heavy atom. The highest BCUT2D eigenvalue weighted by atomic mass is 16.3. The first-order chi connectivity index (χ1) is 9.16. The van der Waals surface area contributed by atoms with Crippen molar-refractivity contribution in [1.82, 2.24) is 15.1 Å². The number of carbonyl (C=O) groups excluding carboxylic acids is 1. The molecule has 100 valence electrons. The molecule has 0 fully saturated rings. The number of aromatic nitrogens is 2. The zero-order chi connectivity index (χ0) is 13.7. The molecule has 2 N–H and O–H groups in total. The van der Waals surface area contributed by atoms with Crippen LogP contribution in [0.1, 0.15) is 18.4 Å². The fourth-order valence-electron chi connectivity index (χ4n) is 1.79. The number of hydrogen-bond acceptors (Lipinski definition) is 3. The molecule has 5 nitrogen and oxygen atoms in total. The topological polar surface area (TPSA) is 67.2 Å². The number of aromatic hydroxyl groups is 1. The zero-order valence-corrected chi connectivity index (χ0v) is 10.8. The van der Waals surface area contributed by atoms with Gasteiger partial charge in [-0.3, -0.25) is 9.48 Å². The lowest BCUT2D eigenvalue weighted by atomic mass is 10.0. The maximum atomic E-state index is 12.0. The zero-order valence-electron chi connectivity index (χ0n) is 10.8. The molecule has 0 saturated carbocycles. The first kappa shape index (κ1) is 13.1. The van der Waals surface area contributed by atoms with Crippen LogP contribution >= 0.6 is 0 Å². The number of benzene rings is 1. The Bertz CT molecular complexity index is 520. The number of phenols is 1. The molecule has 0 aliphatic heterocycles. The van der Waals surface area contributed by atoms with Gasteiger partial charge in [0, 0.05) is 18.9 Å². The van der Waals surface area contributed by atoms with Gasteiger partial charge in [-0.1, -0.05) is 12.1 Å². The minimum absolute atomic E-state index is 0.0298. The summed E-state index contributed by atoms with van der Waals surface area (Å²) in [6.45, 7) is 3.04. The number of hydrogen-bond donors (Lipinski definition) is 2. The lowest BCUT2D eigenvalue weighted by Crippen LogP contribution is -2.31. The minimum atomic E-state index is -0.238. The molecule has 1 aromatic heterocycles. The maximum absolute atomic E-state index is 12.0. The van der Waals surface area contributed by atoms with Crippen LogP contribution in [-0.2, 0) is 11.3 Å². The summed E-state index contributed by atoms with van der Waals surface area (Å²) in [5.74, 6) is -0.0638. The SMILES string of the molecule is CC(C(=O)NCCn1cccn1)c1ccc(O)cc1. The largest absolute Gasteiger partial charge is 0.508 e.